The van der Waals surface area contributed by atoms with E-state index in [-0.39, 0.29) is 69.8 Å². The van der Waals surface area contributed by atoms with Gasteiger partial charge in [0.25, 0.3) is 0 Å². The fourth-order valence-electron chi connectivity index (χ4n) is 2.78. The van der Waals surface area contributed by atoms with E-state index in [1.165, 1.54) is 96.4 Å². The molecule has 0 aliphatic rings. The Labute approximate surface area is 409 Å². The SMILES string of the molecule is CCCCCCCCCCCCCCCC[N+](C)(C)C.N.N.N.O=P(O)(O)O.O=P(O)(O)O.O=S(=O)(O)O.O=S(=O)(O)O.O=S(=O)(O)O.O=S(=O)(O)O.O=S(=O)([O-])O.O=[N+]([O-])[O-].[K+]. The van der Waals surface area contributed by atoms with Crippen LogP contribution in [0.25, 0.3) is 0 Å². The molecule has 0 aromatic heterocycles. The van der Waals surface area contributed by atoms with Gasteiger partial charge in [-0.25, -0.2) is 17.5 Å². The van der Waals surface area contributed by atoms with Crippen LogP contribution in [0.1, 0.15) is 96.8 Å². The maximum absolute atomic E-state index is 8.88. The molecule has 0 saturated heterocycles. The summed E-state index contributed by atoms with van der Waals surface area (Å²) in [6, 6.07) is 0. The van der Waals surface area contributed by atoms with E-state index in [0.29, 0.717) is 0 Å². The van der Waals surface area contributed by atoms with Gasteiger partial charge in [0.2, 0.25) is 10.4 Å². The Bertz CT molecular complexity index is 1390. The first-order valence-corrected chi connectivity index (χ1v) is 25.0. The second kappa shape index (κ2) is 53.2. The number of phosphoric acid groups is 2. The number of hydrogen-bond donors (Lipinski definition) is 18. The third-order valence-corrected chi connectivity index (χ3v) is 4.18. The van der Waals surface area contributed by atoms with Crippen molar-refractivity contribution in [3.05, 3.63) is 15.3 Å². The van der Waals surface area contributed by atoms with Crippen molar-refractivity contribution in [2.75, 3.05) is 27.7 Å². The van der Waals surface area contributed by atoms with E-state index in [1.54, 1.807) is 0 Å². The van der Waals surface area contributed by atoms with Crippen LogP contribution in [0.2, 0.25) is 0 Å². The van der Waals surface area contributed by atoms with E-state index >= 15 is 0 Å². The molecule has 0 radical (unpaired) electrons. The quantitative estimate of drug-likeness (QED) is 0.0123. The summed E-state index contributed by atoms with van der Waals surface area (Å²) in [5.74, 6) is 0. The first-order valence-electron chi connectivity index (χ1n) is 15.0. The van der Waals surface area contributed by atoms with Crippen molar-refractivity contribution in [1.82, 2.24) is 18.5 Å². The first-order chi connectivity index (χ1) is 25.3. The zero-order valence-electron chi connectivity index (χ0n) is 34.8. The van der Waals surface area contributed by atoms with E-state index < -0.39 is 72.7 Å². The molecule has 0 aliphatic carbocycles. The van der Waals surface area contributed by atoms with Gasteiger partial charge in [-0.1, -0.05) is 84.0 Å². The van der Waals surface area contributed by atoms with Gasteiger partial charge in [-0.3, -0.25) is 41.0 Å². The molecule has 0 saturated carbocycles. The minimum atomic E-state index is -4.92. The van der Waals surface area contributed by atoms with E-state index in [4.69, 9.17) is 141 Å². The van der Waals surface area contributed by atoms with Gasteiger partial charge in [-0.15, -0.1) is 0 Å². The molecule has 0 aliphatic heterocycles. The number of unbranched alkanes of at least 4 members (excludes halogenated alkanes) is 13. The van der Waals surface area contributed by atoms with Crippen molar-refractivity contribution in [2.24, 2.45) is 0 Å². The topological polar surface area (TPSA) is 703 Å². The largest absolute Gasteiger partial charge is 1.00 e. The predicted octanol–water partition coefficient (Wildman–Crippen LogP) is -2.04. The molecule has 0 rings (SSSR count). The average molecular weight is 1120 g/mol. The van der Waals surface area contributed by atoms with Crippen LogP contribution in [0.4, 0.5) is 0 Å². The molecule has 0 aromatic rings. The van der Waals surface area contributed by atoms with Crippen LogP contribution < -0.4 is 69.8 Å². The standard InChI is InChI=1S/C19H42N.K.NO3.3H3N.2H3O4P.5H2O4S/c1-5-6-7-8-9-10-11-12-13-14-15-16-17-18-19-20(2,3)4;;2-1(3)4;;;;7*1-5(2,3)4/h5-19H2,1-4H3;;;3*1H3;2*(H3,1,2,3,4);5*(H2,1,2,3,4)/q2*+1;-1;;;;;;;;;;/p-1. The van der Waals surface area contributed by atoms with Gasteiger partial charge in [0, 0.05) is 0 Å². The van der Waals surface area contributed by atoms with Crippen LogP contribution in [-0.2, 0) is 61.1 Å². The van der Waals surface area contributed by atoms with Crippen LogP contribution in [0.3, 0.4) is 0 Å². The van der Waals surface area contributed by atoms with Crippen molar-refractivity contribution < 1.29 is 187 Å². The van der Waals surface area contributed by atoms with Crippen LogP contribution in [0.15, 0.2) is 0 Å². The molecule has 63 heavy (non-hydrogen) atoms. The Morgan fingerprint density at radius 1 is 0.444 bits per heavy atom. The summed E-state index contributed by atoms with van der Waals surface area (Å²) in [4.78, 5) is 51.4. The minimum absolute atomic E-state index is 0. The molecule has 0 unspecified atom stereocenters. The number of rotatable bonds is 15. The molecule has 44 heteroatoms. The zero-order valence-corrected chi connectivity index (χ0v) is 43.8. The van der Waals surface area contributed by atoms with Gasteiger partial charge < -0.3 is 72.2 Å². The van der Waals surface area contributed by atoms with Crippen LogP contribution >= 0.6 is 15.6 Å². The summed E-state index contributed by atoms with van der Waals surface area (Å²) in [5, 5.41) is 14.8. The molecule has 0 bridgehead atoms. The van der Waals surface area contributed by atoms with Gasteiger partial charge in [0.15, 0.2) is 0 Å². The van der Waals surface area contributed by atoms with Gasteiger partial charge in [0.1, 0.15) is 0 Å². The van der Waals surface area contributed by atoms with Crippen molar-refractivity contribution in [3.63, 3.8) is 0 Å². The molecular formula is C19H66KN5O31P2S5. The van der Waals surface area contributed by atoms with Crippen LogP contribution in [0.5, 0.6) is 0 Å². The molecule has 24 N–H and O–H groups in total. The Hall–Kier alpha value is 0.246. The molecule has 0 spiro atoms. The zero-order chi connectivity index (χ0) is 50.2. The fraction of sp³-hybridized carbons (Fsp3) is 1.00. The van der Waals surface area contributed by atoms with Gasteiger partial charge in [-0.05, 0) is 12.8 Å². The minimum Gasteiger partial charge on any atom is -0.726 e. The molecule has 0 atom stereocenters. The fourth-order valence-corrected chi connectivity index (χ4v) is 2.78. The Morgan fingerprint density at radius 2 is 0.540 bits per heavy atom. The first kappa shape index (κ1) is 97.1. The Kier molecular flexibility index (Phi) is 82.0. The van der Waals surface area contributed by atoms with E-state index in [0.717, 1.165) is 4.48 Å². The molecule has 0 fully saturated rings. The molecule has 0 amide bonds. The summed E-state index contributed by atoms with van der Waals surface area (Å²) in [7, 11) is -26.0. The summed E-state index contributed by atoms with van der Waals surface area (Å²) in [6.45, 7) is 3.63. The molecular weight excluding hydrogens is 1060 g/mol. The van der Waals surface area contributed by atoms with Crippen LogP contribution in [-0.4, -0.2) is 154 Å². The second-order valence-corrected chi connectivity index (χ2v) is 17.6. The van der Waals surface area contributed by atoms with E-state index in [2.05, 4.69) is 28.1 Å². The summed E-state index contributed by atoms with van der Waals surface area (Å²) >= 11 is 0. The van der Waals surface area contributed by atoms with E-state index in [9.17, 15) is 0 Å². The van der Waals surface area contributed by atoms with Crippen molar-refractivity contribution in [2.45, 2.75) is 96.8 Å². The third kappa shape index (κ3) is 760. The number of hydrogen-bond acceptors (Lipinski definition) is 19. The summed E-state index contributed by atoms with van der Waals surface area (Å²) < 4.78 is 178. The molecule has 394 valence electrons. The average Bonchev–Trinajstić information content (AvgIpc) is 2.81. The predicted molar refractivity (Wildman–Crippen MR) is 216 cm³/mol. The number of nitrogens with zero attached hydrogens (tertiary/aromatic N) is 2. The van der Waals surface area contributed by atoms with Crippen molar-refractivity contribution >= 4 is 67.6 Å². The summed E-state index contributed by atoms with van der Waals surface area (Å²) in [6.07, 6.45) is 20.4. The van der Waals surface area contributed by atoms with E-state index in [1.807, 2.05) is 0 Å². The van der Waals surface area contributed by atoms with Crippen LogP contribution in [0, 0.1) is 15.3 Å². The maximum atomic E-state index is 8.88. The van der Waals surface area contributed by atoms with Gasteiger partial charge in [0.05, 0.1) is 32.8 Å². The normalized spacial score (nSPS) is 10.7. The smallest absolute Gasteiger partial charge is 0.726 e. The van der Waals surface area contributed by atoms with Gasteiger partial charge in [-0.2, -0.15) is 33.7 Å². The van der Waals surface area contributed by atoms with Crippen molar-refractivity contribution in [3.8, 4) is 0 Å². The molecule has 0 heterocycles. The second-order valence-electron chi connectivity index (χ2n) is 11.1. The monoisotopic (exact) mass is 1120 g/mol. The Morgan fingerprint density at radius 3 is 0.635 bits per heavy atom. The number of quaternary nitrogens is 1. The van der Waals surface area contributed by atoms with Gasteiger partial charge >= 0.3 is 109 Å². The summed E-state index contributed by atoms with van der Waals surface area (Å²) in [5.41, 5.74) is 0. The third-order valence-electron chi connectivity index (χ3n) is 4.18. The molecule has 0 aromatic carbocycles. The Balaban J connectivity index is -0.0000000443. The maximum Gasteiger partial charge on any atom is 1.00 e. The van der Waals surface area contributed by atoms with Crippen molar-refractivity contribution in [1.29, 1.82) is 0 Å². The molecule has 36 nitrogen and oxygen atoms in total.